The molecule has 0 saturated carbocycles. The van der Waals surface area contributed by atoms with Crippen molar-refractivity contribution in [1.29, 1.82) is 0 Å². The maximum atomic E-state index is 12.8. The predicted octanol–water partition coefficient (Wildman–Crippen LogP) is 6.32. The highest BCUT2D eigenvalue weighted by Crippen LogP contribution is 2.34. The summed E-state index contributed by atoms with van der Waals surface area (Å²) in [6, 6.07) is 20.9. The number of amides is 3. The van der Waals surface area contributed by atoms with Crippen LogP contribution in [0.5, 0.6) is 5.75 Å². The predicted molar refractivity (Wildman–Crippen MR) is 142 cm³/mol. The zero-order chi connectivity index (χ0) is 24.9. The van der Waals surface area contributed by atoms with Gasteiger partial charge in [-0.05, 0) is 82.5 Å². The standard InChI is InChI=1S/C27H23BrN2O4S/c1-17-8-10-22(18(2)12-17)29-25(31)15-30-26(32)24(35-27(30)33)14-20-9-11-23(21(28)13-20)34-16-19-6-4-3-5-7-19/h3-14H,15-16H2,1-2H3,(H,29,31)/b24-14+. The van der Waals surface area contributed by atoms with E-state index in [1.165, 1.54) is 0 Å². The van der Waals surface area contributed by atoms with E-state index in [4.69, 9.17) is 4.74 Å². The van der Waals surface area contributed by atoms with E-state index in [0.29, 0.717) is 18.0 Å². The number of hydrogen-bond donors (Lipinski definition) is 1. The van der Waals surface area contributed by atoms with Gasteiger partial charge < -0.3 is 10.1 Å². The Labute approximate surface area is 216 Å². The molecular formula is C27H23BrN2O4S. The fraction of sp³-hybridized carbons (Fsp3) is 0.148. The van der Waals surface area contributed by atoms with Gasteiger partial charge in [0.05, 0.1) is 9.38 Å². The van der Waals surface area contributed by atoms with Crippen LogP contribution in [-0.4, -0.2) is 28.5 Å². The van der Waals surface area contributed by atoms with Gasteiger partial charge in [0.15, 0.2) is 0 Å². The van der Waals surface area contributed by atoms with E-state index in [0.717, 1.165) is 43.4 Å². The highest BCUT2D eigenvalue weighted by molar-refractivity contribution is 9.10. The van der Waals surface area contributed by atoms with E-state index in [1.54, 1.807) is 18.2 Å². The van der Waals surface area contributed by atoms with Crippen molar-refractivity contribution >= 4 is 56.5 Å². The van der Waals surface area contributed by atoms with Crippen LogP contribution in [0.25, 0.3) is 6.08 Å². The number of benzene rings is 3. The van der Waals surface area contributed by atoms with Gasteiger partial charge in [-0.25, -0.2) is 0 Å². The van der Waals surface area contributed by atoms with E-state index < -0.39 is 17.1 Å². The summed E-state index contributed by atoms with van der Waals surface area (Å²) in [6.45, 7) is 3.95. The SMILES string of the molecule is Cc1ccc(NC(=O)CN2C(=O)S/C(=C/c3ccc(OCc4ccccc4)c(Br)c3)C2=O)c(C)c1. The number of carbonyl (C=O) groups excluding carboxylic acids is 3. The number of aryl methyl sites for hydroxylation is 2. The van der Waals surface area contributed by atoms with E-state index in [9.17, 15) is 14.4 Å². The fourth-order valence-electron chi connectivity index (χ4n) is 3.53. The number of imide groups is 1. The summed E-state index contributed by atoms with van der Waals surface area (Å²) in [5, 5.41) is 2.30. The second-order valence-corrected chi connectivity index (χ2v) is 9.95. The summed E-state index contributed by atoms with van der Waals surface area (Å²) in [5.74, 6) is -0.248. The van der Waals surface area contributed by atoms with Crippen LogP contribution in [-0.2, 0) is 16.2 Å². The van der Waals surface area contributed by atoms with E-state index in [2.05, 4.69) is 21.2 Å². The van der Waals surface area contributed by atoms with E-state index in [-0.39, 0.29) is 11.4 Å². The van der Waals surface area contributed by atoms with Crippen molar-refractivity contribution in [3.63, 3.8) is 0 Å². The molecule has 1 N–H and O–H groups in total. The molecule has 3 aromatic rings. The quantitative estimate of drug-likeness (QED) is 0.348. The topological polar surface area (TPSA) is 75.7 Å². The van der Waals surface area contributed by atoms with Crippen LogP contribution < -0.4 is 10.1 Å². The molecule has 3 amide bonds. The minimum Gasteiger partial charge on any atom is -0.488 e. The summed E-state index contributed by atoms with van der Waals surface area (Å²) >= 11 is 4.33. The lowest BCUT2D eigenvalue weighted by atomic mass is 10.1. The van der Waals surface area contributed by atoms with Crippen molar-refractivity contribution in [2.75, 3.05) is 11.9 Å². The van der Waals surface area contributed by atoms with Gasteiger partial charge in [0.25, 0.3) is 11.1 Å². The van der Waals surface area contributed by atoms with Crippen LogP contribution >= 0.6 is 27.7 Å². The van der Waals surface area contributed by atoms with Crippen LogP contribution in [0, 0.1) is 13.8 Å². The first kappa shape index (κ1) is 24.8. The first-order valence-corrected chi connectivity index (χ1v) is 12.5. The molecular weight excluding hydrogens is 528 g/mol. The molecule has 1 aliphatic heterocycles. The molecule has 178 valence electrons. The third-order valence-corrected chi connectivity index (χ3v) is 6.85. The Morgan fingerprint density at radius 2 is 1.83 bits per heavy atom. The fourth-order valence-corrected chi connectivity index (χ4v) is 4.88. The smallest absolute Gasteiger partial charge is 0.294 e. The molecule has 1 saturated heterocycles. The molecule has 4 rings (SSSR count). The molecule has 1 fully saturated rings. The third kappa shape index (κ3) is 6.21. The summed E-state index contributed by atoms with van der Waals surface area (Å²) in [4.78, 5) is 39.0. The van der Waals surface area contributed by atoms with Crippen LogP contribution in [0.2, 0.25) is 0 Å². The van der Waals surface area contributed by atoms with Gasteiger partial charge in [0, 0.05) is 5.69 Å². The summed E-state index contributed by atoms with van der Waals surface area (Å²) < 4.78 is 6.59. The average Bonchev–Trinajstić information content (AvgIpc) is 3.08. The Hall–Kier alpha value is -3.36. The second-order valence-electron chi connectivity index (χ2n) is 8.10. The highest BCUT2D eigenvalue weighted by Gasteiger charge is 2.36. The third-order valence-electron chi connectivity index (χ3n) is 5.32. The van der Waals surface area contributed by atoms with Gasteiger partial charge >= 0.3 is 0 Å². The number of thioether (sulfide) groups is 1. The average molecular weight is 551 g/mol. The maximum absolute atomic E-state index is 12.8. The number of ether oxygens (including phenoxy) is 1. The molecule has 35 heavy (non-hydrogen) atoms. The van der Waals surface area contributed by atoms with E-state index in [1.807, 2.05) is 68.4 Å². The molecule has 0 aromatic heterocycles. The van der Waals surface area contributed by atoms with Crippen molar-refractivity contribution < 1.29 is 19.1 Å². The van der Waals surface area contributed by atoms with Crippen molar-refractivity contribution in [3.8, 4) is 5.75 Å². The molecule has 0 atom stereocenters. The number of anilines is 1. The molecule has 0 bridgehead atoms. The lowest BCUT2D eigenvalue weighted by Gasteiger charge is -2.14. The Bertz CT molecular complexity index is 1320. The highest BCUT2D eigenvalue weighted by atomic mass is 79.9. The van der Waals surface area contributed by atoms with Gasteiger partial charge in [-0.2, -0.15) is 0 Å². The largest absolute Gasteiger partial charge is 0.488 e. The molecule has 0 spiro atoms. The van der Waals surface area contributed by atoms with Gasteiger partial charge in [-0.1, -0.05) is 54.1 Å². The number of nitrogens with one attached hydrogen (secondary N) is 1. The molecule has 8 heteroatoms. The van der Waals surface area contributed by atoms with Gasteiger partial charge in [-0.15, -0.1) is 0 Å². The number of halogens is 1. The monoisotopic (exact) mass is 550 g/mol. The van der Waals surface area contributed by atoms with Crippen molar-refractivity contribution in [2.45, 2.75) is 20.5 Å². The van der Waals surface area contributed by atoms with Gasteiger partial charge in [0.2, 0.25) is 5.91 Å². The lowest BCUT2D eigenvalue weighted by Crippen LogP contribution is -2.36. The zero-order valence-electron chi connectivity index (χ0n) is 19.2. The lowest BCUT2D eigenvalue weighted by molar-refractivity contribution is -0.127. The molecule has 0 aliphatic carbocycles. The van der Waals surface area contributed by atoms with Crippen molar-refractivity contribution in [3.05, 3.63) is 98.4 Å². The summed E-state index contributed by atoms with van der Waals surface area (Å²) in [5.41, 5.74) is 4.43. The Morgan fingerprint density at radius 1 is 1.06 bits per heavy atom. The molecule has 6 nitrogen and oxygen atoms in total. The zero-order valence-corrected chi connectivity index (χ0v) is 21.6. The minimum atomic E-state index is -0.490. The Kier molecular flexibility index (Phi) is 7.73. The molecule has 0 unspecified atom stereocenters. The van der Waals surface area contributed by atoms with Crippen LogP contribution in [0.3, 0.4) is 0 Å². The van der Waals surface area contributed by atoms with Crippen LogP contribution in [0.15, 0.2) is 76.1 Å². The number of hydrogen-bond acceptors (Lipinski definition) is 5. The van der Waals surface area contributed by atoms with E-state index >= 15 is 0 Å². The Balaban J connectivity index is 1.40. The Morgan fingerprint density at radius 3 is 2.54 bits per heavy atom. The number of nitrogens with zero attached hydrogens (tertiary/aromatic N) is 1. The summed E-state index contributed by atoms with van der Waals surface area (Å²) in [6.07, 6.45) is 1.64. The first-order chi connectivity index (χ1) is 16.8. The summed E-state index contributed by atoms with van der Waals surface area (Å²) in [7, 11) is 0. The van der Waals surface area contributed by atoms with Crippen LogP contribution in [0.1, 0.15) is 22.3 Å². The maximum Gasteiger partial charge on any atom is 0.294 e. The second kappa shape index (κ2) is 10.9. The van der Waals surface area contributed by atoms with Gasteiger partial charge in [0.1, 0.15) is 18.9 Å². The molecule has 1 aliphatic rings. The van der Waals surface area contributed by atoms with Crippen molar-refractivity contribution in [2.24, 2.45) is 0 Å². The molecule has 1 heterocycles. The van der Waals surface area contributed by atoms with Crippen LogP contribution in [0.4, 0.5) is 10.5 Å². The number of rotatable bonds is 7. The molecule has 3 aromatic carbocycles. The van der Waals surface area contributed by atoms with Gasteiger partial charge in [-0.3, -0.25) is 19.3 Å². The van der Waals surface area contributed by atoms with Crippen molar-refractivity contribution in [1.82, 2.24) is 4.90 Å². The number of carbonyl (C=O) groups is 3. The normalized spacial score (nSPS) is 14.5. The minimum absolute atomic E-state index is 0.263. The molecule has 0 radical (unpaired) electrons. The first-order valence-electron chi connectivity index (χ1n) is 10.9.